The first-order chi connectivity index (χ1) is 25.3. The Hall–Kier alpha value is -6.20. The van der Waals surface area contributed by atoms with Gasteiger partial charge in [-0.2, -0.15) is 4.98 Å². The SMILES string of the molecule is CC1(C)CC(C)(C)c2c(-n3c4ccccc4c4ccc5c6ccccc6n(-c6nc(-c7ccccc7)nc7oc8ccccc8c67)c5c43)cccc21. The summed E-state index contributed by atoms with van der Waals surface area (Å²) >= 11 is 0. The lowest BCUT2D eigenvalue weighted by molar-refractivity contribution is 0.403. The van der Waals surface area contributed by atoms with Crippen LogP contribution < -0.4 is 0 Å². The summed E-state index contributed by atoms with van der Waals surface area (Å²) in [6, 6.07) is 47.6. The Morgan fingerprint density at radius 1 is 0.538 bits per heavy atom. The van der Waals surface area contributed by atoms with Crippen molar-refractivity contribution in [2.45, 2.75) is 44.9 Å². The molecule has 4 heterocycles. The third kappa shape index (κ3) is 3.88. The molecule has 11 rings (SSSR count). The minimum absolute atomic E-state index is 0.00710. The highest BCUT2D eigenvalue weighted by Crippen LogP contribution is 2.53. The van der Waals surface area contributed by atoms with Crippen molar-refractivity contribution in [3.05, 3.63) is 145 Å². The van der Waals surface area contributed by atoms with Crippen LogP contribution in [-0.4, -0.2) is 19.1 Å². The third-order valence-electron chi connectivity index (χ3n) is 11.5. The van der Waals surface area contributed by atoms with E-state index in [1.165, 1.54) is 49.4 Å². The maximum atomic E-state index is 6.53. The molecule has 5 heteroatoms. The van der Waals surface area contributed by atoms with Crippen LogP contribution in [0.5, 0.6) is 0 Å². The zero-order valence-corrected chi connectivity index (χ0v) is 29.6. The Morgan fingerprint density at radius 2 is 1.15 bits per heavy atom. The van der Waals surface area contributed by atoms with Gasteiger partial charge in [0.2, 0.25) is 5.71 Å². The molecule has 250 valence electrons. The molecule has 0 saturated carbocycles. The van der Waals surface area contributed by atoms with Crippen LogP contribution in [0.2, 0.25) is 0 Å². The molecule has 0 aliphatic heterocycles. The summed E-state index contributed by atoms with van der Waals surface area (Å²) < 4.78 is 11.5. The van der Waals surface area contributed by atoms with E-state index in [0.717, 1.165) is 45.2 Å². The second kappa shape index (κ2) is 10.2. The molecule has 4 aromatic heterocycles. The number of rotatable bonds is 3. The van der Waals surface area contributed by atoms with E-state index in [2.05, 4.69) is 140 Å². The minimum Gasteiger partial charge on any atom is -0.437 e. The van der Waals surface area contributed by atoms with Gasteiger partial charge in [-0.3, -0.25) is 4.57 Å². The van der Waals surface area contributed by atoms with Crippen molar-refractivity contribution in [3.8, 4) is 22.9 Å². The van der Waals surface area contributed by atoms with Crippen LogP contribution in [-0.2, 0) is 10.8 Å². The average molecular weight is 673 g/mol. The predicted molar refractivity (Wildman–Crippen MR) is 214 cm³/mol. The Morgan fingerprint density at radius 3 is 1.88 bits per heavy atom. The van der Waals surface area contributed by atoms with Crippen LogP contribution in [0.4, 0.5) is 0 Å². The van der Waals surface area contributed by atoms with Gasteiger partial charge in [0.15, 0.2) is 11.6 Å². The molecule has 0 amide bonds. The molecule has 6 aromatic carbocycles. The van der Waals surface area contributed by atoms with E-state index >= 15 is 0 Å². The van der Waals surface area contributed by atoms with Crippen LogP contribution in [0.25, 0.3) is 88.6 Å². The lowest BCUT2D eigenvalue weighted by atomic mass is 9.81. The largest absolute Gasteiger partial charge is 0.437 e. The van der Waals surface area contributed by atoms with E-state index in [4.69, 9.17) is 14.4 Å². The number of aromatic nitrogens is 4. The van der Waals surface area contributed by atoms with Gasteiger partial charge in [0, 0.05) is 32.5 Å². The van der Waals surface area contributed by atoms with Gasteiger partial charge in [0.05, 0.1) is 33.1 Å². The van der Waals surface area contributed by atoms with Crippen molar-refractivity contribution in [1.82, 2.24) is 19.1 Å². The molecular weight excluding hydrogens is 637 g/mol. The van der Waals surface area contributed by atoms with Gasteiger partial charge in [-0.15, -0.1) is 0 Å². The first-order valence-electron chi connectivity index (χ1n) is 18.1. The molecule has 0 spiro atoms. The quantitative estimate of drug-likeness (QED) is 0.188. The summed E-state index contributed by atoms with van der Waals surface area (Å²) in [4.78, 5) is 10.5. The van der Waals surface area contributed by atoms with Crippen molar-refractivity contribution >= 4 is 65.7 Å². The van der Waals surface area contributed by atoms with E-state index in [0.29, 0.717) is 11.5 Å². The molecule has 1 aliphatic rings. The first kappa shape index (κ1) is 29.5. The number of furan rings is 1. The summed E-state index contributed by atoms with van der Waals surface area (Å²) in [7, 11) is 0. The molecule has 5 nitrogen and oxygen atoms in total. The van der Waals surface area contributed by atoms with E-state index in [9.17, 15) is 0 Å². The first-order valence-corrected chi connectivity index (χ1v) is 18.1. The highest BCUT2D eigenvalue weighted by atomic mass is 16.3. The maximum absolute atomic E-state index is 6.53. The van der Waals surface area contributed by atoms with E-state index in [1.807, 2.05) is 30.3 Å². The van der Waals surface area contributed by atoms with Crippen LogP contribution in [0.1, 0.15) is 45.2 Å². The van der Waals surface area contributed by atoms with Gasteiger partial charge in [-0.25, -0.2) is 4.98 Å². The molecule has 0 fully saturated rings. The number of para-hydroxylation sites is 3. The van der Waals surface area contributed by atoms with Gasteiger partial charge < -0.3 is 8.98 Å². The zero-order chi connectivity index (χ0) is 34.9. The molecule has 0 radical (unpaired) electrons. The Bertz CT molecular complexity index is 3100. The van der Waals surface area contributed by atoms with Gasteiger partial charge in [0.25, 0.3) is 0 Å². The smallest absolute Gasteiger partial charge is 0.233 e. The highest BCUT2D eigenvalue weighted by molar-refractivity contribution is 6.24. The second-order valence-corrected chi connectivity index (χ2v) is 15.7. The maximum Gasteiger partial charge on any atom is 0.233 e. The standard InChI is InChI=1S/C47H36N4O/c1-46(2)27-47(3,4)40-34(46)20-14-23-37(40)50-35-21-11-8-17-29(35)31-25-26-32-30-18-9-12-22-36(30)51(42(32)41(31)50)44-39-33-19-10-13-24-38(33)52-45(39)49-43(48-44)28-15-6-5-7-16-28/h5-26H,27H2,1-4H3. The molecule has 1 aliphatic carbocycles. The van der Waals surface area contributed by atoms with Gasteiger partial charge in [-0.1, -0.05) is 137 Å². The third-order valence-corrected chi connectivity index (χ3v) is 11.5. The van der Waals surface area contributed by atoms with Crippen molar-refractivity contribution in [2.75, 3.05) is 0 Å². The summed E-state index contributed by atoms with van der Waals surface area (Å²) in [6.07, 6.45) is 1.09. The Kier molecular flexibility index (Phi) is 5.79. The number of hydrogen-bond donors (Lipinski definition) is 0. The molecule has 0 unspecified atom stereocenters. The lowest BCUT2D eigenvalue weighted by Gasteiger charge is -2.24. The van der Waals surface area contributed by atoms with Gasteiger partial charge in [-0.05, 0) is 52.6 Å². The molecule has 0 saturated heterocycles. The Labute approximate surface area is 300 Å². The monoisotopic (exact) mass is 672 g/mol. The highest BCUT2D eigenvalue weighted by Gasteiger charge is 2.44. The van der Waals surface area contributed by atoms with Crippen LogP contribution in [0.3, 0.4) is 0 Å². The lowest BCUT2D eigenvalue weighted by Crippen LogP contribution is -2.18. The summed E-state index contributed by atoms with van der Waals surface area (Å²) in [5.74, 6) is 1.44. The summed E-state index contributed by atoms with van der Waals surface area (Å²) in [6.45, 7) is 9.62. The number of benzene rings is 6. The fourth-order valence-corrected chi connectivity index (χ4v) is 9.74. The fraction of sp³-hybridized carbons (Fsp3) is 0.149. The summed E-state index contributed by atoms with van der Waals surface area (Å²) in [5.41, 5.74) is 11.1. The Balaban J connectivity index is 1.38. The van der Waals surface area contributed by atoms with E-state index < -0.39 is 0 Å². The van der Waals surface area contributed by atoms with Crippen molar-refractivity contribution in [3.63, 3.8) is 0 Å². The fourth-order valence-electron chi connectivity index (χ4n) is 9.74. The van der Waals surface area contributed by atoms with Crippen LogP contribution in [0, 0.1) is 0 Å². The van der Waals surface area contributed by atoms with Crippen LogP contribution in [0.15, 0.2) is 138 Å². The van der Waals surface area contributed by atoms with Crippen molar-refractivity contribution in [2.24, 2.45) is 0 Å². The molecule has 0 bridgehead atoms. The molecule has 10 aromatic rings. The molecule has 52 heavy (non-hydrogen) atoms. The van der Waals surface area contributed by atoms with E-state index in [-0.39, 0.29) is 10.8 Å². The number of fused-ring (bicyclic) bond motifs is 11. The van der Waals surface area contributed by atoms with Crippen LogP contribution >= 0.6 is 0 Å². The van der Waals surface area contributed by atoms with Gasteiger partial charge in [0.1, 0.15) is 5.58 Å². The molecular formula is C47H36N4O. The van der Waals surface area contributed by atoms with Crippen molar-refractivity contribution < 1.29 is 4.42 Å². The predicted octanol–water partition coefficient (Wildman–Crippen LogP) is 12.2. The summed E-state index contributed by atoms with van der Waals surface area (Å²) in [5, 5.41) is 6.70. The molecule has 0 atom stereocenters. The number of nitrogens with zero attached hydrogens (tertiary/aromatic N) is 4. The molecule has 0 N–H and O–H groups in total. The second-order valence-electron chi connectivity index (χ2n) is 15.7. The minimum atomic E-state index is -0.00710. The normalized spacial score (nSPS) is 15.2. The number of hydrogen-bond acceptors (Lipinski definition) is 3. The van der Waals surface area contributed by atoms with Gasteiger partial charge >= 0.3 is 0 Å². The zero-order valence-electron chi connectivity index (χ0n) is 29.6. The van der Waals surface area contributed by atoms with Crippen molar-refractivity contribution in [1.29, 1.82) is 0 Å². The topological polar surface area (TPSA) is 48.8 Å². The average Bonchev–Trinajstić information content (AvgIpc) is 3.86. The van der Waals surface area contributed by atoms with E-state index in [1.54, 1.807) is 0 Å².